The van der Waals surface area contributed by atoms with E-state index >= 15 is 0 Å². The maximum atomic E-state index is 13.3. The van der Waals surface area contributed by atoms with E-state index in [4.69, 9.17) is 21.5 Å². The highest BCUT2D eigenvalue weighted by Crippen LogP contribution is 2.42. The normalized spacial score (nSPS) is 32.3. The monoisotopic (exact) mass is 808 g/mol. The van der Waals surface area contributed by atoms with Gasteiger partial charge in [-0.2, -0.15) is 0 Å². The fraction of sp³-hybridized carbons (Fsp3) is 0.867. The van der Waals surface area contributed by atoms with Crippen molar-refractivity contribution in [2.24, 2.45) is 45.1 Å². The van der Waals surface area contributed by atoms with Gasteiger partial charge >= 0.3 is 0 Å². The van der Waals surface area contributed by atoms with Crippen LogP contribution in [-0.2, 0) is 19.2 Å². The number of rotatable bonds is 15. The van der Waals surface area contributed by atoms with Crippen LogP contribution >= 0.6 is 0 Å². The first kappa shape index (κ1) is 44.3. The van der Waals surface area contributed by atoms with Crippen molar-refractivity contribution in [1.29, 1.82) is 0 Å². The van der Waals surface area contributed by atoms with Crippen molar-refractivity contribution in [3.63, 3.8) is 0 Å². The first-order valence-corrected chi connectivity index (χ1v) is 23.5. The lowest BCUT2D eigenvalue weighted by atomic mass is 9.74. The van der Waals surface area contributed by atoms with Gasteiger partial charge in [0, 0.05) is 46.2 Å². The number of unbranched alkanes of at least 4 members (excludes halogenated alkanes) is 1. The third-order valence-electron chi connectivity index (χ3n) is 15.0. The van der Waals surface area contributed by atoms with E-state index in [0.717, 1.165) is 121 Å². The van der Waals surface area contributed by atoms with Gasteiger partial charge in [0.15, 0.2) is 11.9 Å². The Morgan fingerprint density at radius 3 is 1.79 bits per heavy atom. The zero-order chi connectivity index (χ0) is 41.3. The van der Waals surface area contributed by atoms with Gasteiger partial charge in [-0.05, 0) is 94.3 Å². The summed E-state index contributed by atoms with van der Waals surface area (Å²) >= 11 is 0. The summed E-state index contributed by atoms with van der Waals surface area (Å²) < 4.78 is 0. The van der Waals surface area contributed by atoms with Crippen LogP contribution in [0.5, 0.6) is 0 Å². The van der Waals surface area contributed by atoms with E-state index in [1.807, 2.05) is 4.90 Å². The average Bonchev–Trinajstić information content (AvgIpc) is 3.97. The van der Waals surface area contributed by atoms with Gasteiger partial charge in [-0.15, -0.1) is 0 Å². The van der Waals surface area contributed by atoms with Gasteiger partial charge in [-0.25, -0.2) is 9.98 Å². The zero-order valence-corrected chi connectivity index (χ0v) is 36.3. The molecule has 13 nitrogen and oxygen atoms in total. The molecule has 13 heteroatoms. The minimum atomic E-state index is -0.705. The Hall–Kier alpha value is -3.22. The number of carbonyl (C=O) groups is 4. The van der Waals surface area contributed by atoms with Crippen molar-refractivity contribution in [1.82, 2.24) is 25.3 Å². The topological polar surface area (TPSA) is 179 Å². The molecule has 7 rings (SSSR count). The quantitative estimate of drug-likeness (QED) is 0.166. The maximum Gasteiger partial charge on any atom is 0.257 e. The fourth-order valence-electron chi connectivity index (χ4n) is 11.5. The summed E-state index contributed by atoms with van der Waals surface area (Å²) in [5, 5.41) is 6.49. The predicted octanol–water partition coefficient (Wildman–Crippen LogP) is 5.60. The van der Waals surface area contributed by atoms with Crippen LogP contribution < -0.4 is 22.1 Å². The standard InChI is InChI=1S/C23H39N5O2.C22H38N4O2/c1-28-21(30)23(27-22(28)24,12-10-16-6-3-2-4-7-16)15-17-8-5-9-18(14-17)26-19-11-13-25-20(19)29;1-3-4-10-19(27)26-14-12-18(16-26)15-22(20(28)25(2)21(23)24-22)13-11-17-8-6-5-7-9-17/h16-19,26H,2-15H2,1H3,(H2,24,27)(H,25,29);17-18H,3-16H2,1-2H3,(H2,23,24)/t17-,18?,19+,23+;18-,22+/m01/s1. The fourth-order valence-corrected chi connectivity index (χ4v) is 11.5. The number of hydrogen-bond acceptors (Lipinski definition) is 9. The summed E-state index contributed by atoms with van der Waals surface area (Å²) in [4.78, 5) is 65.3. The zero-order valence-electron chi connectivity index (χ0n) is 36.3. The SMILES string of the molecule is CCCCC(=O)N1CC[C@H](C[C@]2(CCC3CCCCC3)N=C(N)N(C)C2=O)C1.CN1C(=O)[C@@](CCC2CCCCC2)(C[C@H]2CCCC(N[C@@H]3CCNC3=O)C2)N=C1N. The third-order valence-corrected chi connectivity index (χ3v) is 15.0. The van der Waals surface area contributed by atoms with Crippen LogP contribution in [-0.4, -0.2) is 107 Å². The van der Waals surface area contributed by atoms with Gasteiger partial charge in [0.05, 0.1) is 6.04 Å². The number of likely N-dealkylation sites (tertiary alicyclic amines) is 1. The highest BCUT2D eigenvalue weighted by atomic mass is 16.2. The molecule has 4 aliphatic heterocycles. The molecule has 6 atom stereocenters. The molecule has 5 fully saturated rings. The van der Waals surface area contributed by atoms with Crippen molar-refractivity contribution in [3.8, 4) is 0 Å². The number of nitrogens with zero attached hydrogens (tertiary/aromatic N) is 5. The number of amides is 4. The minimum Gasteiger partial charge on any atom is -0.369 e. The lowest BCUT2D eigenvalue weighted by molar-refractivity contribution is -0.132. The molecule has 2 saturated heterocycles. The second kappa shape index (κ2) is 20.4. The van der Waals surface area contributed by atoms with Gasteiger partial charge in [0.25, 0.3) is 11.8 Å². The smallest absolute Gasteiger partial charge is 0.257 e. The lowest BCUT2D eigenvalue weighted by Gasteiger charge is -2.36. The number of nitrogens with two attached hydrogens (primary N) is 2. The molecule has 0 bridgehead atoms. The molecule has 0 aromatic rings. The third kappa shape index (κ3) is 10.9. The van der Waals surface area contributed by atoms with E-state index in [-0.39, 0.29) is 29.7 Å². The Bertz CT molecular complexity index is 1490. The summed E-state index contributed by atoms with van der Waals surface area (Å²) in [7, 11) is 3.49. The van der Waals surface area contributed by atoms with Crippen LogP contribution in [0.3, 0.4) is 0 Å². The molecule has 1 unspecified atom stereocenters. The first-order valence-electron chi connectivity index (χ1n) is 23.5. The molecule has 4 heterocycles. The molecule has 0 radical (unpaired) electrons. The average molecular weight is 808 g/mol. The summed E-state index contributed by atoms with van der Waals surface area (Å²) in [5.41, 5.74) is 10.8. The van der Waals surface area contributed by atoms with E-state index in [9.17, 15) is 19.2 Å². The molecule has 4 amide bonds. The molecule has 0 spiro atoms. The van der Waals surface area contributed by atoms with Crippen molar-refractivity contribution in [2.45, 2.75) is 191 Å². The molecular weight excluding hydrogens is 731 g/mol. The van der Waals surface area contributed by atoms with E-state index in [0.29, 0.717) is 36.2 Å². The van der Waals surface area contributed by atoms with Crippen molar-refractivity contribution >= 4 is 35.5 Å². The van der Waals surface area contributed by atoms with Gasteiger partial charge in [-0.1, -0.05) is 90.4 Å². The molecule has 326 valence electrons. The lowest BCUT2D eigenvalue weighted by Crippen LogP contribution is -2.47. The Balaban J connectivity index is 0.000000196. The van der Waals surface area contributed by atoms with E-state index < -0.39 is 11.1 Å². The Labute approximate surface area is 348 Å². The van der Waals surface area contributed by atoms with Crippen molar-refractivity contribution in [2.75, 3.05) is 33.7 Å². The van der Waals surface area contributed by atoms with Crippen LogP contribution in [0.4, 0.5) is 0 Å². The van der Waals surface area contributed by atoms with Crippen LogP contribution in [0, 0.1) is 23.7 Å². The molecule has 3 saturated carbocycles. The predicted molar refractivity (Wildman–Crippen MR) is 230 cm³/mol. The maximum absolute atomic E-state index is 13.3. The molecular formula is C45H77N9O4. The molecule has 0 aromatic carbocycles. The summed E-state index contributed by atoms with van der Waals surface area (Å²) in [6.07, 6.45) is 27.2. The number of hydrogen-bond donors (Lipinski definition) is 4. The summed E-state index contributed by atoms with van der Waals surface area (Å²) in [6.45, 7) is 4.46. The van der Waals surface area contributed by atoms with Gasteiger partial charge < -0.3 is 27.0 Å². The molecule has 3 aliphatic carbocycles. The highest BCUT2D eigenvalue weighted by molar-refractivity contribution is 6.07. The Morgan fingerprint density at radius 1 is 0.741 bits per heavy atom. The first-order chi connectivity index (χ1) is 27.9. The summed E-state index contributed by atoms with van der Waals surface area (Å²) in [5.74, 6) is 3.48. The number of nitrogens with one attached hydrogen (secondary N) is 2. The van der Waals surface area contributed by atoms with Gasteiger partial charge in [-0.3, -0.25) is 29.0 Å². The molecule has 58 heavy (non-hydrogen) atoms. The van der Waals surface area contributed by atoms with Gasteiger partial charge in [0.1, 0.15) is 11.1 Å². The van der Waals surface area contributed by atoms with Crippen molar-refractivity contribution in [3.05, 3.63) is 0 Å². The largest absolute Gasteiger partial charge is 0.369 e. The molecule has 6 N–H and O–H groups in total. The minimum absolute atomic E-state index is 0.0524. The van der Waals surface area contributed by atoms with Crippen LogP contribution in [0.15, 0.2) is 9.98 Å². The molecule has 0 aromatic heterocycles. The van der Waals surface area contributed by atoms with Gasteiger partial charge in [0.2, 0.25) is 11.8 Å². The number of aliphatic imine (C=N–C) groups is 2. The number of guanidine groups is 2. The van der Waals surface area contributed by atoms with Crippen LogP contribution in [0.1, 0.15) is 167 Å². The number of likely N-dealkylation sites (N-methyl/N-ethyl adjacent to an activating group) is 2. The second-order valence-corrected chi connectivity index (χ2v) is 19.4. The van der Waals surface area contributed by atoms with E-state index in [1.165, 1.54) is 69.1 Å². The summed E-state index contributed by atoms with van der Waals surface area (Å²) in [6, 6.07) is 0.297. The van der Waals surface area contributed by atoms with Crippen LogP contribution in [0.2, 0.25) is 0 Å². The Kier molecular flexibility index (Phi) is 15.6. The van der Waals surface area contributed by atoms with Crippen LogP contribution in [0.25, 0.3) is 0 Å². The van der Waals surface area contributed by atoms with E-state index in [1.54, 1.807) is 19.0 Å². The molecule has 7 aliphatic rings. The number of carbonyl (C=O) groups excluding carboxylic acids is 4. The second-order valence-electron chi connectivity index (χ2n) is 19.4. The van der Waals surface area contributed by atoms with E-state index in [2.05, 4.69) is 17.6 Å². The Morgan fingerprint density at radius 2 is 1.29 bits per heavy atom. The highest BCUT2D eigenvalue weighted by Gasteiger charge is 2.50. The van der Waals surface area contributed by atoms with Crippen molar-refractivity contribution < 1.29 is 19.2 Å².